The first kappa shape index (κ1) is 18.4. The summed E-state index contributed by atoms with van der Waals surface area (Å²) < 4.78 is 2.95. The van der Waals surface area contributed by atoms with Crippen molar-refractivity contribution in [1.82, 2.24) is 19.3 Å². The van der Waals surface area contributed by atoms with Crippen LogP contribution in [0.3, 0.4) is 0 Å². The van der Waals surface area contributed by atoms with Crippen molar-refractivity contribution in [3.05, 3.63) is 100 Å². The van der Waals surface area contributed by atoms with Crippen LogP contribution < -0.4 is 16.4 Å². The van der Waals surface area contributed by atoms with E-state index in [1.54, 1.807) is 30.5 Å². The third-order valence-corrected chi connectivity index (χ3v) is 4.67. The first-order valence-corrected chi connectivity index (χ1v) is 9.12. The summed E-state index contributed by atoms with van der Waals surface area (Å²) in [6.07, 6.45) is 3.24. The lowest BCUT2D eigenvalue weighted by Crippen LogP contribution is -2.34. The van der Waals surface area contributed by atoms with Crippen molar-refractivity contribution in [2.75, 3.05) is 0 Å². The predicted molar refractivity (Wildman–Crippen MR) is 111 cm³/mol. The molecule has 0 fully saturated rings. The maximum Gasteiger partial charge on any atom is 0.267 e. The Hall–Kier alpha value is -4.00. The summed E-state index contributed by atoms with van der Waals surface area (Å²) in [4.78, 5) is 30.4. The summed E-state index contributed by atoms with van der Waals surface area (Å²) in [7, 11) is 0. The average molecular weight is 385 g/mol. The molecular formula is C22H19N5O2. The maximum atomic E-state index is 13.0. The van der Waals surface area contributed by atoms with Crippen molar-refractivity contribution in [3.63, 3.8) is 0 Å². The summed E-state index contributed by atoms with van der Waals surface area (Å²) >= 11 is 0. The molecule has 4 rings (SSSR count). The van der Waals surface area contributed by atoms with E-state index < -0.39 is 5.91 Å². The first-order valence-electron chi connectivity index (χ1n) is 9.12. The van der Waals surface area contributed by atoms with Gasteiger partial charge in [-0.25, -0.2) is 4.98 Å². The van der Waals surface area contributed by atoms with Gasteiger partial charge in [0.15, 0.2) is 0 Å². The van der Waals surface area contributed by atoms with Gasteiger partial charge >= 0.3 is 0 Å². The van der Waals surface area contributed by atoms with Crippen LogP contribution in [0.4, 0.5) is 0 Å². The van der Waals surface area contributed by atoms with E-state index in [0.717, 1.165) is 5.56 Å². The predicted octanol–water partition coefficient (Wildman–Crippen LogP) is 2.24. The number of hydrogen-bond donors (Lipinski definition) is 2. The van der Waals surface area contributed by atoms with Gasteiger partial charge in [-0.15, -0.1) is 6.58 Å². The SMILES string of the molecule is C=CCn1c(=N)c(C(=O)NCc2ccccc2)cc2c(=O)n3ccccc3nc21. The molecule has 0 aliphatic heterocycles. The third kappa shape index (κ3) is 3.34. The Morgan fingerprint density at radius 3 is 2.69 bits per heavy atom. The number of benzene rings is 1. The number of allylic oxidation sites excluding steroid dienone is 1. The Kier molecular flexibility index (Phi) is 4.78. The minimum atomic E-state index is -0.420. The van der Waals surface area contributed by atoms with Crippen molar-refractivity contribution in [1.29, 1.82) is 5.41 Å². The zero-order chi connectivity index (χ0) is 20.4. The molecule has 0 aliphatic carbocycles. The van der Waals surface area contributed by atoms with Gasteiger partial charge < -0.3 is 9.88 Å². The second-order valence-electron chi connectivity index (χ2n) is 6.56. The summed E-state index contributed by atoms with van der Waals surface area (Å²) in [5.41, 5.74) is 1.58. The van der Waals surface area contributed by atoms with Gasteiger partial charge in [0, 0.05) is 19.3 Å². The van der Waals surface area contributed by atoms with Crippen LogP contribution in [0.1, 0.15) is 15.9 Å². The molecule has 7 nitrogen and oxygen atoms in total. The van der Waals surface area contributed by atoms with Crippen molar-refractivity contribution in [2.45, 2.75) is 13.1 Å². The van der Waals surface area contributed by atoms with Crippen LogP contribution in [0.15, 0.2) is 78.2 Å². The number of hydrogen-bond acceptors (Lipinski definition) is 4. The molecule has 2 N–H and O–H groups in total. The molecule has 7 heteroatoms. The Labute approximate surface area is 166 Å². The molecule has 4 aromatic rings. The molecule has 3 heterocycles. The fourth-order valence-corrected chi connectivity index (χ4v) is 3.24. The number of carbonyl (C=O) groups excluding carboxylic acids is 1. The van der Waals surface area contributed by atoms with Crippen molar-refractivity contribution >= 4 is 22.6 Å². The molecule has 0 saturated heterocycles. The van der Waals surface area contributed by atoms with E-state index in [1.165, 1.54) is 15.0 Å². The first-order chi connectivity index (χ1) is 14.1. The quantitative estimate of drug-likeness (QED) is 0.408. The molecule has 0 radical (unpaired) electrons. The number of nitrogens with zero attached hydrogens (tertiary/aromatic N) is 3. The lowest BCUT2D eigenvalue weighted by Gasteiger charge is -2.13. The third-order valence-electron chi connectivity index (χ3n) is 4.67. The molecule has 29 heavy (non-hydrogen) atoms. The Bertz CT molecular complexity index is 1350. The van der Waals surface area contributed by atoms with Crippen LogP contribution in [-0.4, -0.2) is 19.9 Å². The summed E-state index contributed by atoms with van der Waals surface area (Å²) in [5, 5.41) is 11.6. The normalized spacial score (nSPS) is 10.9. The van der Waals surface area contributed by atoms with Gasteiger partial charge in [-0.1, -0.05) is 42.5 Å². The molecular weight excluding hydrogens is 366 g/mol. The van der Waals surface area contributed by atoms with E-state index in [-0.39, 0.29) is 28.5 Å². The second-order valence-corrected chi connectivity index (χ2v) is 6.56. The highest BCUT2D eigenvalue weighted by Gasteiger charge is 2.16. The van der Waals surface area contributed by atoms with E-state index >= 15 is 0 Å². The van der Waals surface area contributed by atoms with Gasteiger partial charge in [0.25, 0.3) is 11.5 Å². The average Bonchev–Trinajstić information content (AvgIpc) is 2.75. The van der Waals surface area contributed by atoms with Crippen molar-refractivity contribution < 1.29 is 4.79 Å². The molecule has 0 unspecified atom stereocenters. The second kappa shape index (κ2) is 7.55. The zero-order valence-corrected chi connectivity index (χ0v) is 15.6. The van der Waals surface area contributed by atoms with Crippen LogP contribution in [0.5, 0.6) is 0 Å². The van der Waals surface area contributed by atoms with Gasteiger partial charge in [-0.2, -0.15) is 0 Å². The zero-order valence-electron chi connectivity index (χ0n) is 15.6. The Balaban J connectivity index is 1.87. The van der Waals surface area contributed by atoms with Crippen LogP contribution in [0, 0.1) is 5.41 Å². The van der Waals surface area contributed by atoms with Crippen LogP contribution in [-0.2, 0) is 13.1 Å². The fourth-order valence-electron chi connectivity index (χ4n) is 3.24. The lowest BCUT2D eigenvalue weighted by molar-refractivity contribution is 0.0948. The number of pyridine rings is 2. The molecule has 0 atom stereocenters. The lowest BCUT2D eigenvalue weighted by atomic mass is 10.1. The molecule has 1 aromatic carbocycles. The summed E-state index contributed by atoms with van der Waals surface area (Å²) in [5.74, 6) is -0.420. The van der Waals surface area contributed by atoms with Crippen molar-refractivity contribution in [2.24, 2.45) is 0 Å². The number of fused-ring (bicyclic) bond motifs is 2. The Morgan fingerprint density at radius 1 is 1.17 bits per heavy atom. The largest absolute Gasteiger partial charge is 0.348 e. The smallest absolute Gasteiger partial charge is 0.267 e. The summed E-state index contributed by atoms with van der Waals surface area (Å²) in [6.45, 7) is 4.30. The van der Waals surface area contributed by atoms with Crippen LogP contribution >= 0.6 is 0 Å². The van der Waals surface area contributed by atoms with Gasteiger partial charge in [-0.3, -0.25) is 19.4 Å². The number of amides is 1. The molecule has 3 aromatic heterocycles. The Morgan fingerprint density at radius 2 is 1.93 bits per heavy atom. The topological polar surface area (TPSA) is 92.2 Å². The maximum absolute atomic E-state index is 13.0. The van der Waals surface area contributed by atoms with Crippen LogP contribution in [0.25, 0.3) is 16.7 Å². The minimum absolute atomic E-state index is 0.0184. The van der Waals surface area contributed by atoms with E-state index in [0.29, 0.717) is 17.8 Å². The number of nitrogens with one attached hydrogen (secondary N) is 2. The highest BCUT2D eigenvalue weighted by atomic mass is 16.1. The number of rotatable bonds is 5. The van der Waals surface area contributed by atoms with Crippen LogP contribution in [0.2, 0.25) is 0 Å². The van der Waals surface area contributed by atoms with E-state index in [2.05, 4.69) is 16.9 Å². The fraction of sp³-hybridized carbons (Fsp3) is 0.0909. The van der Waals surface area contributed by atoms with E-state index in [1.807, 2.05) is 30.3 Å². The van der Waals surface area contributed by atoms with Crippen molar-refractivity contribution in [3.8, 4) is 0 Å². The molecule has 0 aliphatic rings. The molecule has 0 spiro atoms. The van der Waals surface area contributed by atoms with Gasteiger partial charge in [-0.05, 0) is 23.8 Å². The van der Waals surface area contributed by atoms with E-state index in [9.17, 15) is 9.59 Å². The summed E-state index contributed by atoms with van der Waals surface area (Å²) in [6, 6.07) is 16.2. The molecule has 0 saturated carbocycles. The van der Waals surface area contributed by atoms with Gasteiger partial charge in [0.2, 0.25) is 0 Å². The van der Waals surface area contributed by atoms with Gasteiger partial charge in [0.1, 0.15) is 16.8 Å². The molecule has 144 valence electrons. The highest BCUT2D eigenvalue weighted by Crippen LogP contribution is 2.10. The number of carbonyl (C=O) groups is 1. The monoisotopic (exact) mass is 385 g/mol. The highest BCUT2D eigenvalue weighted by molar-refractivity contribution is 5.96. The minimum Gasteiger partial charge on any atom is -0.348 e. The standard InChI is InChI=1S/C22H19N5O2/c1-2-11-27-19(23)16(21(28)24-14-15-8-4-3-5-9-15)13-17-20(27)25-18-10-6-7-12-26(18)22(17)29/h2-10,12-13,23H,1,11,14H2,(H,24,28). The molecule has 1 amide bonds. The van der Waals surface area contributed by atoms with E-state index in [4.69, 9.17) is 5.41 Å². The van der Waals surface area contributed by atoms with Gasteiger partial charge in [0.05, 0.1) is 10.9 Å². The number of aromatic nitrogens is 3. The molecule has 0 bridgehead atoms.